The van der Waals surface area contributed by atoms with Gasteiger partial charge in [0, 0.05) is 30.4 Å². The van der Waals surface area contributed by atoms with Crippen molar-refractivity contribution in [3.05, 3.63) is 11.9 Å². The molecule has 0 aliphatic carbocycles. The lowest BCUT2D eigenvalue weighted by atomic mass is 9.98. The second kappa shape index (κ2) is 5.53. The molecule has 2 aliphatic rings. The smallest absolute Gasteiger partial charge is 0.203 e. The monoisotopic (exact) mass is 262 g/mol. The molecule has 1 aromatic rings. The van der Waals surface area contributed by atoms with Crippen molar-refractivity contribution in [2.75, 3.05) is 11.4 Å². The Kier molecular flexibility index (Phi) is 3.78. The van der Waals surface area contributed by atoms with Crippen molar-refractivity contribution in [3.63, 3.8) is 0 Å². The van der Waals surface area contributed by atoms with Crippen LogP contribution in [0.2, 0.25) is 0 Å². The highest BCUT2D eigenvalue weighted by Crippen LogP contribution is 2.31. The van der Waals surface area contributed by atoms with Gasteiger partial charge in [-0.2, -0.15) is 0 Å². The van der Waals surface area contributed by atoms with Gasteiger partial charge in [0.2, 0.25) is 5.95 Å². The molecule has 2 bridgehead atoms. The molecule has 0 spiro atoms. The van der Waals surface area contributed by atoms with Gasteiger partial charge in [0.1, 0.15) is 0 Å². The van der Waals surface area contributed by atoms with Crippen LogP contribution in [-0.4, -0.2) is 34.6 Å². The molecular weight excluding hydrogens is 236 g/mol. The van der Waals surface area contributed by atoms with E-state index in [1.165, 1.54) is 37.8 Å². The fourth-order valence-corrected chi connectivity index (χ4v) is 3.66. The summed E-state index contributed by atoms with van der Waals surface area (Å²) < 4.78 is 0. The van der Waals surface area contributed by atoms with Gasteiger partial charge in [-0.15, -0.1) is 0 Å². The first kappa shape index (κ1) is 13.0. The number of anilines is 1. The van der Waals surface area contributed by atoms with Gasteiger partial charge >= 0.3 is 0 Å². The number of H-pyrrole nitrogens is 1. The average Bonchev–Trinajstić information content (AvgIpc) is 3.02. The molecule has 0 aromatic carbocycles. The summed E-state index contributed by atoms with van der Waals surface area (Å²) in [5, 5.41) is 3.73. The third-order valence-corrected chi connectivity index (χ3v) is 4.62. The third kappa shape index (κ3) is 2.64. The molecule has 0 saturated carbocycles. The zero-order chi connectivity index (χ0) is 13.2. The lowest BCUT2D eigenvalue weighted by molar-refractivity contribution is 0.344. The molecule has 4 nitrogen and oxygen atoms in total. The van der Waals surface area contributed by atoms with Crippen LogP contribution >= 0.6 is 0 Å². The summed E-state index contributed by atoms with van der Waals surface area (Å²) in [5.74, 6) is 1.09. The maximum atomic E-state index is 4.60. The Morgan fingerprint density at radius 2 is 2.00 bits per heavy atom. The Labute approximate surface area is 116 Å². The van der Waals surface area contributed by atoms with E-state index in [1.807, 2.05) is 6.20 Å². The Morgan fingerprint density at radius 3 is 2.58 bits per heavy atom. The van der Waals surface area contributed by atoms with Crippen LogP contribution in [0.5, 0.6) is 0 Å². The first-order chi connectivity index (χ1) is 9.30. The molecule has 3 rings (SSSR count). The maximum Gasteiger partial charge on any atom is 0.203 e. The van der Waals surface area contributed by atoms with Crippen LogP contribution in [0, 0.1) is 0 Å². The van der Waals surface area contributed by atoms with Crippen molar-refractivity contribution in [2.24, 2.45) is 0 Å². The number of aromatic nitrogens is 2. The number of aromatic amines is 1. The van der Waals surface area contributed by atoms with E-state index in [0.29, 0.717) is 6.04 Å². The number of imidazole rings is 1. The molecule has 19 heavy (non-hydrogen) atoms. The van der Waals surface area contributed by atoms with Gasteiger partial charge in [-0.05, 0) is 38.5 Å². The summed E-state index contributed by atoms with van der Waals surface area (Å²) in [4.78, 5) is 10.6. The van der Waals surface area contributed by atoms with Crippen LogP contribution < -0.4 is 10.2 Å². The van der Waals surface area contributed by atoms with E-state index < -0.39 is 0 Å². The van der Waals surface area contributed by atoms with Crippen LogP contribution in [0.3, 0.4) is 0 Å². The molecule has 106 valence electrons. The minimum Gasteiger partial charge on any atom is -0.339 e. The second-order valence-corrected chi connectivity index (χ2v) is 6.04. The largest absolute Gasteiger partial charge is 0.339 e. The summed E-state index contributed by atoms with van der Waals surface area (Å²) in [7, 11) is 0. The summed E-state index contributed by atoms with van der Waals surface area (Å²) in [6, 6.07) is 2.14. The van der Waals surface area contributed by atoms with Crippen LogP contribution in [0.25, 0.3) is 0 Å². The summed E-state index contributed by atoms with van der Waals surface area (Å²) in [5.41, 5.74) is 1.24. The van der Waals surface area contributed by atoms with E-state index in [2.05, 4.69) is 34.0 Å². The van der Waals surface area contributed by atoms with Crippen molar-refractivity contribution in [2.45, 2.75) is 70.5 Å². The fraction of sp³-hybridized carbons (Fsp3) is 0.800. The number of nitrogens with zero attached hydrogens (tertiary/aromatic N) is 2. The SMILES string of the molecule is CCCN(c1ncc(CC)[nH]1)C1CC2CCC(C1)N2. The van der Waals surface area contributed by atoms with Crippen LogP contribution in [-0.2, 0) is 6.42 Å². The quantitative estimate of drug-likeness (QED) is 0.857. The first-order valence-corrected chi connectivity index (χ1v) is 7.86. The van der Waals surface area contributed by atoms with E-state index in [-0.39, 0.29) is 0 Å². The summed E-state index contributed by atoms with van der Waals surface area (Å²) in [6.45, 7) is 5.54. The highest BCUT2D eigenvalue weighted by molar-refractivity contribution is 5.34. The molecule has 2 aliphatic heterocycles. The lowest BCUT2D eigenvalue weighted by Crippen LogP contribution is -2.49. The number of hydrogen-bond acceptors (Lipinski definition) is 3. The highest BCUT2D eigenvalue weighted by atomic mass is 15.3. The van der Waals surface area contributed by atoms with Crippen LogP contribution in [0.15, 0.2) is 6.20 Å². The molecule has 3 heterocycles. The topological polar surface area (TPSA) is 44.0 Å². The zero-order valence-electron chi connectivity index (χ0n) is 12.2. The Morgan fingerprint density at radius 1 is 1.26 bits per heavy atom. The molecule has 2 unspecified atom stereocenters. The molecule has 0 radical (unpaired) electrons. The van der Waals surface area contributed by atoms with Crippen molar-refractivity contribution in [1.82, 2.24) is 15.3 Å². The van der Waals surface area contributed by atoms with E-state index in [1.54, 1.807) is 0 Å². The minimum absolute atomic E-state index is 0.662. The number of hydrogen-bond donors (Lipinski definition) is 2. The van der Waals surface area contributed by atoms with Gasteiger partial charge in [-0.1, -0.05) is 13.8 Å². The van der Waals surface area contributed by atoms with Gasteiger partial charge in [-0.3, -0.25) is 0 Å². The normalized spacial score (nSPS) is 29.7. The average molecular weight is 262 g/mol. The number of aryl methyl sites for hydroxylation is 1. The molecule has 2 fully saturated rings. The highest BCUT2D eigenvalue weighted by Gasteiger charge is 2.36. The molecule has 1 aromatic heterocycles. The summed E-state index contributed by atoms with van der Waals surface area (Å²) >= 11 is 0. The van der Waals surface area contributed by atoms with Gasteiger partial charge in [0.15, 0.2) is 0 Å². The molecule has 4 heteroatoms. The predicted molar refractivity (Wildman–Crippen MR) is 78.6 cm³/mol. The van der Waals surface area contributed by atoms with Gasteiger partial charge in [0.05, 0.1) is 6.20 Å². The van der Waals surface area contributed by atoms with Gasteiger partial charge in [0.25, 0.3) is 0 Å². The Bertz CT molecular complexity index is 402. The third-order valence-electron chi connectivity index (χ3n) is 4.62. The predicted octanol–water partition coefficient (Wildman–Crippen LogP) is 2.47. The van der Waals surface area contributed by atoms with Gasteiger partial charge in [-0.25, -0.2) is 4.98 Å². The van der Waals surface area contributed by atoms with E-state index in [0.717, 1.165) is 31.0 Å². The second-order valence-electron chi connectivity index (χ2n) is 6.04. The zero-order valence-corrected chi connectivity index (χ0v) is 12.2. The van der Waals surface area contributed by atoms with Crippen molar-refractivity contribution < 1.29 is 0 Å². The number of piperidine rings is 1. The Balaban J connectivity index is 1.76. The Hall–Kier alpha value is -1.03. The summed E-state index contributed by atoms with van der Waals surface area (Å²) in [6.07, 6.45) is 9.48. The minimum atomic E-state index is 0.662. The van der Waals surface area contributed by atoms with E-state index >= 15 is 0 Å². The van der Waals surface area contributed by atoms with E-state index in [4.69, 9.17) is 0 Å². The molecule has 2 saturated heterocycles. The molecule has 2 N–H and O–H groups in total. The standard InChI is InChI=1S/C15H26N4/c1-3-7-19(15-16-10-11(4-2)18-15)14-8-12-5-6-13(9-14)17-12/h10,12-14,17H,3-9H2,1-2H3,(H,16,18). The lowest BCUT2D eigenvalue weighted by Gasteiger charge is -2.37. The first-order valence-electron chi connectivity index (χ1n) is 7.86. The maximum absolute atomic E-state index is 4.60. The fourth-order valence-electron chi connectivity index (χ4n) is 3.66. The number of fused-ring (bicyclic) bond motifs is 2. The molecule has 2 atom stereocenters. The van der Waals surface area contributed by atoms with E-state index in [9.17, 15) is 0 Å². The van der Waals surface area contributed by atoms with Crippen LogP contribution in [0.4, 0.5) is 5.95 Å². The molecular formula is C15H26N4. The van der Waals surface area contributed by atoms with Crippen LogP contribution in [0.1, 0.15) is 51.6 Å². The van der Waals surface area contributed by atoms with Crippen molar-refractivity contribution in [1.29, 1.82) is 0 Å². The van der Waals surface area contributed by atoms with Crippen molar-refractivity contribution in [3.8, 4) is 0 Å². The number of rotatable bonds is 5. The van der Waals surface area contributed by atoms with Crippen molar-refractivity contribution >= 4 is 5.95 Å². The molecule has 0 amide bonds. The van der Waals surface area contributed by atoms with Gasteiger partial charge < -0.3 is 15.2 Å². The number of nitrogens with one attached hydrogen (secondary N) is 2.